The molecule has 1 saturated heterocycles. The molecule has 1 aromatic heterocycles. The Morgan fingerprint density at radius 2 is 2.17 bits per heavy atom. The lowest BCUT2D eigenvalue weighted by Gasteiger charge is -2.30. The monoisotopic (exact) mass is 357 g/mol. The molecule has 0 radical (unpaired) electrons. The molecule has 24 heavy (non-hydrogen) atoms. The fourth-order valence-electron chi connectivity index (χ4n) is 3.40. The van der Waals surface area contributed by atoms with Gasteiger partial charge in [0.1, 0.15) is 0 Å². The molecule has 136 valence electrons. The highest BCUT2D eigenvalue weighted by Gasteiger charge is 2.25. The highest BCUT2D eigenvalue weighted by Crippen LogP contribution is 2.23. The molecule has 0 bridgehead atoms. The number of carbonyl (C=O) groups is 1. The molecule has 3 rings (SSSR count). The van der Waals surface area contributed by atoms with Gasteiger partial charge in [-0.3, -0.25) is 9.69 Å². The summed E-state index contributed by atoms with van der Waals surface area (Å²) < 4.78 is 5.33. The second kappa shape index (κ2) is 9.34. The molecular formula is C16H28ClN5O2. The number of hydrogen-bond acceptors (Lipinski definition) is 6. The Labute approximate surface area is 149 Å². The van der Waals surface area contributed by atoms with Gasteiger partial charge in [-0.1, -0.05) is 24.4 Å². The lowest BCUT2D eigenvalue weighted by Crippen LogP contribution is -2.44. The van der Waals surface area contributed by atoms with E-state index in [2.05, 4.69) is 32.7 Å². The zero-order valence-corrected chi connectivity index (χ0v) is 15.1. The summed E-state index contributed by atoms with van der Waals surface area (Å²) in [6.45, 7) is 3.38. The number of rotatable bonds is 5. The number of carbonyl (C=O) groups excluding carboxylic acids is 1. The van der Waals surface area contributed by atoms with Crippen molar-refractivity contribution in [3.63, 3.8) is 0 Å². The van der Waals surface area contributed by atoms with Crippen LogP contribution in [0.25, 0.3) is 0 Å². The summed E-state index contributed by atoms with van der Waals surface area (Å²) in [5.41, 5.74) is 0. The smallest absolute Gasteiger partial charge is 0.228 e. The summed E-state index contributed by atoms with van der Waals surface area (Å²) in [5.74, 6) is 1.71. The summed E-state index contributed by atoms with van der Waals surface area (Å²) in [7, 11) is 2.08. The molecule has 2 aliphatic rings. The minimum atomic E-state index is 0. The SMILES string of the molecule is CN1CCNCC1c1noc(CCNC(=O)C2CCCCC2)n1.Cl. The van der Waals surface area contributed by atoms with E-state index in [4.69, 9.17) is 4.52 Å². The van der Waals surface area contributed by atoms with Gasteiger partial charge in [0.25, 0.3) is 0 Å². The van der Waals surface area contributed by atoms with Crippen molar-refractivity contribution in [2.24, 2.45) is 5.92 Å². The average molecular weight is 358 g/mol. The lowest BCUT2D eigenvalue weighted by atomic mass is 9.89. The molecule has 2 fully saturated rings. The number of piperazine rings is 1. The standard InChI is InChI=1S/C16H27N5O2.ClH/c1-21-10-9-17-11-13(21)15-19-14(23-20-15)7-8-18-16(22)12-5-3-2-4-6-12;/h12-13,17H,2-11H2,1H3,(H,18,22);1H. The van der Waals surface area contributed by atoms with Gasteiger partial charge in [-0.05, 0) is 19.9 Å². The number of hydrogen-bond donors (Lipinski definition) is 2. The second-order valence-corrected chi connectivity index (χ2v) is 6.62. The lowest BCUT2D eigenvalue weighted by molar-refractivity contribution is -0.125. The molecule has 2 N–H and O–H groups in total. The molecule has 1 saturated carbocycles. The van der Waals surface area contributed by atoms with Crippen LogP contribution in [0.1, 0.15) is 49.9 Å². The van der Waals surface area contributed by atoms with E-state index in [0.29, 0.717) is 18.9 Å². The van der Waals surface area contributed by atoms with Gasteiger partial charge in [0.05, 0.1) is 6.04 Å². The minimum absolute atomic E-state index is 0. The van der Waals surface area contributed by atoms with E-state index in [1.54, 1.807) is 0 Å². The highest BCUT2D eigenvalue weighted by molar-refractivity contribution is 5.85. The fraction of sp³-hybridized carbons (Fsp3) is 0.812. The first-order chi connectivity index (χ1) is 11.2. The molecular weight excluding hydrogens is 330 g/mol. The van der Waals surface area contributed by atoms with Gasteiger partial charge in [-0.15, -0.1) is 12.4 Å². The van der Waals surface area contributed by atoms with Crippen molar-refractivity contribution >= 4 is 18.3 Å². The molecule has 0 aromatic carbocycles. The third kappa shape index (κ3) is 4.91. The summed E-state index contributed by atoms with van der Waals surface area (Å²) in [6.07, 6.45) is 6.26. The Morgan fingerprint density at radius 1 is 1.38 bits per heavy atom. The zero-order valence-electron chi connectivity index (χ0n) is 14.3. The van der Waals surface area contributed by atoms with Crippen LogP contribution in [0, 0.1) is 5.92 Å². The predicted molar refractivity (Wildman–Crippen MR) is 93.1 cm³/mol. The van der Waals surface area contributed by atoms with E-state index in [9.17, 15) is 4.79 Å². The maximum atomic E-state index is 12.1. The van der Waals surface area contributed by atoms with E-state index >= 15 is 0 Å². The van der Waals surface area contributed by atoms with E-state index in [-0.39, 0.29) is 30.3 Å². The summed E-state index contributed by atoms with van der Waals surface area (Å²) in [6, 6.07) is 0.165. The quantitative estimate of drug-likeness (QED) is 0.826. The molecule has 1 aliphatic heterocycles. The van der Waals surface area contributed by atoms with E-state index in [0.717, 1.165) is 38.3 Å². The van der Waals surface area contributed by atoms with Gasteiger partial charge in [-0.25, -0.2) is 0 Å². The number of nitrogens with one attached hydrogen (secondary N) is 2. The van der Waals surface area contributed by atoms with E-state index in [1.807, 2.05) is 0 Å². The van der Waals surface area contributed by atoms with Crippen molar-refractivity contribution in [2.45, 2.75) is 44.6 Å². The van der Waals surface area contributed by atoms with Crippen LogP contribution in [0.3, 0.4) is 0 Å². The van der Waals surface area contributed by atoms with Crippen molar-refractivity contribution in [3.05, 3.63) is 11.7 Å². The van der Waals surface area contributed by atoms with Crippen LogP contribution in [0.15, 0.2) is 4.52 Å². The number of amides is 1. The number of halogens is 1. The van der Waals surface area contributed by atoms with Crippen LogP contribution in [0.5, 0.6) is 0 Å². The van der Waals surface area contributed by atoms with Gasteiger partial charge in [0.2, 0.25) is 11.8 Å². The molecule has 8 heteroatoms. The van der Waals surface area contributed by atoms with Crippen LogP contribution < -0.4 is 10.6 Å². The molecule has 1 amide bonds. The van der Waals surface area contributed by atoms with Crippen LogP contribution in [0.4, 0.5) is 0 Å². The Hall–Kier alpha value is -1.18. The minimum Gasteiger partial charge on any atom is -0.355 e. The maximum absolute atomic E-state index is 12.1. The normalized spacial score (nSPS) is 22.8. The van der Waals surface area contributed by atoms with Gasteiger partial charge in [0, 0.05) is 38.5 Å². The molecule has 0 spiro atoms. The maximum Gasteiger partial charge on any atom is 0.228 e. The third-order valence-electron chi connectivity index (χ3n) is 4.91. The Kier molecular flexibility index (Phi) is 7.45. The molecule has 1 aliphatic carbocycles. The van der Waals surface area contributed by atoms with Crippen molar-refractivity contribution < 1.29 is 9.32 Å². The molecule has 1 unspecified atom stereocenters. The summed E-state index contributed by atoms with van der Waals surface area (Å²) >= 11 is 0. The predicted octanol–water partition coefficient (Wildman–Crippen LogP) is 1.31. The van der Waals surface area contributed by atoms with Crippen LogP contribution >= 0.6 is 12.4 Å². The van der Waals surface area contributed by atoms with Gasteiger partial charge in [-0.2, -0.15) is 4.98 Å². The third-order valence-corrected chi connectivity index (χ3v) is 4.91. The first-order valence-corrected chi connectivity index (χ1v) is 8.75. The molecule has 1 aromatic rings. The first-order valence-electron chi connectivity index (χ1n) is 8.75. The van der Waals surface area contributed by atoms with Crippen molar-refractivity contribution in [1.29, 1.82) is 0 Å². The summed E-state index contributed by atoms with van der Waals surface area (Å²) in [4.78, 5) is 18.8. The van der Waals surface area contributed by atoms with Gasteiger partial charge in [0.15, 0.2) is 5.82 Å². The Morgan fingerprint density at radius 3 is 2.92 bits per heavy atom. The fourth-order valence-corrected chi connectivity index (χ4v) is 3.40. The summed E-state index contributed by atoms with van der Waals surface area (Å²) in [5, 5.41) is 10.5. The van der Waals surface area contributed by atoms with Gasteiger partial charge >= 0.3 is 0 Å². The van der Waals surface area contributed by atoms with E-state index in [1.165, 1.54) is 19.3 Å². The average Bonchev–Trinajstić information content (AvgIpc) is 3.04. The Balaban J connectivity index is 0.00000208. The van der Waals surface area contributed by atoms with Crippen molar-refractivity contribution in [2.75, 3.05) is 33.2 Å². The largest absolute Gasteiger partial charge is 0.355 e. The van der Waals surface area contributed by atoms with Crippen molar-refractivity contribution in [3.8, 4) is 0 Å². The van der Waals surface area contributed by atoms with E-state index < -0.39 is 0 Å². The number of aromatic nitrogens is 2. The highest BCUT2D eigenvalue weighted by atomic mass is 35.5. The van der Waals surface area contributed by atoms with Crippen molar-refractivity contribution in [1.82, 2.24) is 25.7 Å². The topological polar surface area (TPSA) is 83.3 Å². The van der Waals surface area contributed by atoms with Crippen LogP contribution in [0.2, 0.25) is 0 Å². The Bertz CT molecular complexity index is 518. The number of nitrogens with zero attached hydrogens (tertiary/aromatic N) is 3. The second-order valence-electron chi connectivity index (χ2n) is 6.62. The zero-order chi connectivity index (χ0) is 16.1. The molecule has 2 heterocycles. The van der Waals surface area contributed by atoms with Crippen LogP contribution in [-0.4, -0.2) is 54.2 Å². The van der Waals surface area contributed by atoms with Crippen LogP contribution in [-0.2, 0) is 11.2 Å². The first kappa shape index (κ1) is 19.1. The number of likely N-dealkylation sites (N-methyl/N-ethyl adjacent to an activating group) is 1. The molecule has 7 nitrogen and oxygen atoms in total. The van der Waals surface area contributed by atoms with Gasteiger partial charge < -0.3 is 15.2 Å². The molecule has 1 atom stereocenters.